The zero-order valence-corrected chi connectivity index (χ0v) is 33.8. The SMILES string of the molecule is FC(F)(F)c1c[c-]c(I)c(C(F)(F)F)c1.[Pd].c1ccc(P(c2ccccc2)c2ccccc2)cc1.c1ccc(P(c2ccccc2)c2ccccc2)cc1. The van der Waals surface area contributed by atoms with Crippen molar-refractivity contribution in [3.05, 3.63) is 215 Å². The van der Waals surface area contributed by atoms with Crippen LogP contribution in [0.3, 0.4) is 0 Å². The monoisotopic (exact) mass is 969 g/mol. The first-order valence-electron chi connectivity index (χ1n) is 16.3. The summed E-state index contributed by atoms with van der Waals surface area (Å²) < 4.78 is 72.6. The Labute approximate surface area is 342 Å². The van der Waals surface area contributed by atoms with E-state index in [4.69, 9.17) is 0 Å². The van der Waals surface area contributed by atoms with E-state index < -0.39 is 39.3 Å². The second-order valence-electron chi connectivity index (χ2n) is 11.3. The average Bonchev–Trinajstić information content (AvgIpc) is 3.17. The van der Waals surface area contributed by atoms with Crippen molar-refractivity contribution in [1.82, 2.24) is 0 Å². The van der Waals surface area contributed by atoms with E-state index in [-0.39, 0.29) is 30.1 Å². The van der Waals surface area contributed by atoms with Crippen molar-refractivity contribution < 1.29 is 46.8 Å². The molecule has 54 heavy (non-hydrogen) atoms. The van der Waals surface area contributed by atoms with E-state index in [0.717, 1.165) is 0 Å². The van der Waals surface area contributed by atoms with Crippen LogP contribution in [0, 0.1) is 9.64 Å². The molecule has 7 aromatic rings. The minimum Gasteiger partial charge on any atom is -0.179 e. The van der Waals surface area contributed by atoms with Crippen LogP contribution in [0.1, 0.15) is 11.1 Å². The van der Waals surface area contributed by atoms with Crippen LogP contribution in [-0.2, 0) is 32.8 Å². The first-order valence-corrected chi connectivity index (χ1v) is 20.0. The summed E-state index contributed by atoms with van der Waals surface area (Å²) in [6, 6.07) is 67.2. The molecule has 0 aliphatic rings. The Hall–Kier alpha value is -3.63. The summed E-state index contributed by atoms with van der Waals surface area (Å²) in [5.74, 6) is 0. The van der Waals surface area contributed by atoms with Gasteiger partial charge in [0, 0.05) is 20.4 Å². The molecule has 0 aromatic heterocycles. The van der Waals surface area contributed by atoms with Gasteiger partial charge in [0.1, 0.15) is 0 Å². The first kappa shape index (κ1) is 43.1. The molecule has 0 unspecified atom stereocenters. The van der Waals surface area contributed by atoms with Gasteiger partial charge in [-0.2, -0.15) is 38.5 Å². The predicted octanol–water partition coefficient (Wildman–Crippen LogP) is 11.0. The average molecular weight is 970 g/mol. The van der Waals surface area contributed by atoms with Gasteiger partial charge in [0.15, 0.2) is 0 Å². The Morgan fingerprint density at radius 3 is 0.833 bits per heavy atom. The first-order chi connectivity index (χ1) is 25.5. The second-order valence-corrected chi connectivity index (χ2v) is 16.8. The number of alkyl halides is 6. The van der Waals surface area contributed by atoms with Crippen LogP contribution in [0.2, 0.25) is 0 Å². The van der Waals surface area contributed by atoms with Gasteiger partial charge in [0.05, 0.1) is 0 Å². The maximum Gasteiger partial charge on any atom is 0.371 e. The summed E-state index contributed by atoms with van der Waals surface area (Å²) >= 11 is 1.29. The normalized spacial score (nSPS) is 11.1. The summed E-state index contributed by atoms with van der Waals surface area (Å²) in [4.78, 5) is 0. The molecule has 0 heterocycles. The maximum absolute atomic E-state index is 12.2. The van der Waals surface area contributed by atoms with Crippen LogP contribution in [0.4, 0.5) is 26.3 Å². The van der Waals surface area contributed by atoms with E-state index in [2.05, 4.69) is 182 Å². The third-order valence-electron chi connectivity index (χ3n) is 7.61. The topological polar surface area (TPSA) is 0 Å². The number of hydrogen-bond donors (Lipinski definition) is 0. The minimum atomic E-state index is -4.80. The predicted molar refractivity (Wildman–Crippen MR) is 218 cm³/mol. The van der Waals surface area contributed by atoms with Crippen molar-refractivity contribution in [1.29, 1.82) is 0 Å². The van der Waals surface area contributed by atoms with E-state index in [1.807, 2.05) is 6.07 Å². The van der Waals surface area contributed by atoms with E-state index in [0.29, 0.717) is 6.07 Å². The van der Waals surface area contributed by atoms with Crippen molar-refractivity contribution in [2.75, 3.05) is 0 Å². The molecule has 0 radical (unpaired) electrons. The van der Waals surface area contributed by atoms with Crippen LogP contribution in [0.25, 0.3) is 0 Å². The molecule has 0 atom stereocenters. The molecular formula is C44H32F6IP2Pd-. The molecule has 0 bridgehead atoms. The molecule has 0 saturated heterocycles. The van der Waals surface area contributed by atoms with Crippen molar-refractivity contribution in [2.24, 2.45) is 0 Å². The number of benzene rings is 7. The van der Waals surface area contributed by atoms with Crippen LogP contribution >= 0.6 is 38.4 Å². The third kappa shape index (κ3) is 12.5. The molecule has 0 fully saturated rings. The van der Waals surface area contributed by atoms with Gasteiger partial charge in [0.25, 0.3) is 0 Å². The fourth-order valence-corrected chi connectivity index (χ4v) is 10.4. The summed E-state index contributed by atoms with van der Waals surface area (Å²) in [5.41, 5.74) is -2.67. The van der Waals surface area contributed by atoms with Crippen LogP contribution in [0.5, 0.6) is 0 Å². The van der Waals surface area contributed by atoms with Gasteiger partial charge in [0.2, 0.25) is 0 Å². The Kier molecular flexibility index (Phi) is 16.7. The Morgan fingerprint density at radius 1 is 0.389 bits per heavy atom. The van der Waals surface area contributed by atoms with Crippen molar-refractivity contribution in [2.45, 2.75) is 12.4 Å². The van der Waals surface area contributed by atoms with Gasteiger partial charge >= 0.3 is 12.4 Å². The fraction of sp³-hybridized carbons (Fsp3) is 0.0455. The zero-order valence-electron chi connectivity index (χ0n) is 28.3. The molecule has 0 aliphatic heterocycles. The molecular weight excluding hydrogens is 938 g/mol. The second kappa shape index (κ2) is 20.9. The van der Waals surface area contributed by atoms with E-state index in [9.17, 15) is 26.3 Å². The number of rotatable bonds is 6. The number of halogens is 7. The third-order valence-corrected chi connectivity index (χ3v) is 13.4. The van der Waals surface area contributed by atoms with Crippen molar-refractivity contribution in [3.63, 3.8) is 0 Å². The molecule has 7 aromatic carbocycles. The molecule has 0 aliphatic carbocycles. The molecule has 0 nitrogen and oxygen atoms in total. The van der Waals surface area contributed by atoms with Crippen LogP contribution < -0.4 is 31.8 Å². The molecule has 10 heteroatoms. The zero-order chi connectivity index (χ0) is 37.7. The quantitative estimate of drug-likeness (QED) is 0.0512. The van der Waals surface area contributed by atoms with E-state index >= 15 is 0 Å². The Bertz CT molecular complexity index is 1800. The molecule has 0 N–H and O–H groups in total. The van der Waals surface area contributed by atoms with Crippen LogP contribution in [-0.4, -0.2) is 0 Å². The van der Waals surface area contributed by atoms with E-state index in [1.54, 1.807) is 0 Å². The Balaban J connectivity index is 0.000000181. The van der Waals surface area contributed by atoms with Crippen LogP contribution in [0.15, 0.2) is 194 Å². The smallest absolute Gasteiger partial charge is 0.179 e. The van der Waals surface area contributed by atoms with Gasteiger partial charge in [-0.1, -0.05) is 214 Å². The molecule has 0 spiro atoms. The Morgan fingerprint density at radius 2 is 0.630 bits per heavy atom. The van der Waals surface area contributed by atoms with E-state index in [1.165, 1.54) is 54.4 Å². The minimum absolute atomic E-state index is 0. The number of hydrogen-bond acceptors (Lipinski definition) is 0. The molecule has 0 amide bonds. The van der Waals surface area contributed by atoms with Gasteiger partial charge in [-0.3, -0.25) is 0 Å². The van der Waals surface area contributed by atoms with Gasteiger partial charge < -0.3 is 0 Å². The molecule has 7 rings (SSSR count). The van der Waals surface area contributed by atoms with Gasteiger partial charge in [-0.05, 0) is 53.2 Å². The summed E-state index contributed by atoms with van der Waals surface area (Å²) in [6.45, 7) is 0. The molecule has 0 saturated carbocycles. The summed E-state index contributed by atoms with van der Waals surface area (Å²) in [5, 5.41) is 8.39. The molecule has 278 valence electrons. The summed E-state index contributed by atoms with van der Waals surface area (Å²) in [6.07, 6.45) is -9.59. The largest absolute Gasteiger partial charge is 0.371 e. The fourth-order valence-electron chi connectivity index (χ4n) is 5.21. The van der Waals surface area contributed by atoms with Gasteiger partial charge in [-0.25, -0.2) is 0 Å². The van der Waals surface area contributed by atoms with Crippen molar-refractivity contribution in [3.8, 4) is 0 Å². The summed E-state index contributed by atoms with van der Waals surface area (Å²) in [7, 11) is -0.892. The van der Waals surface area contributed by atoms with Gasteiger partial charge in [-0.15, -0.1) is 6.07 Å². The van der Waals surface area contributed by atoms with Crippen molar-refractivity contribution >= 4 is 70.3 Å². The maximum atomic E-state index is 12.2. The standard InChI is InChI=1S/2C18H15P.C8H2F6I.Pd/c2*1-4-10-16(11-5-1)19(17-12-6-2-7-13-17)18-14-8-3-9-15-18;9-7(10,11)4-1-2-6(15)5(3-4)8(12,13)14;/h2*1-15H;1,3H;/q;;-1;.